The lowest BCUT2D eigenvalue weighted by molar-refractivity contribution is -1.01. The van der Waals surface area contributed by atoms with Gasteiger partial charge in [0.05, 0.1) is 0 Å². The summed E-state index contributed by atoms with van der Waals surface area (Å²) in [7, 11) is -5.17. The molecular weight excluding hydrogens is 228 g/mol. The third-order valence-corrected chi connectivity index (χ3v) is 2.31. The highest BCUT2D eigenvalue weighted by molar-refractivity contribution is 7.79. The van der Waals surface area contributed by atoms with Gasteiger partial charge in [-0.1, -0.05) is 0 Å². The summed E-state index contributed by atoms with van der Waals surface area (Å²) in [5, 5.41) is 17.6. The first-order valence-corrected chi connectivity index (χ1v) is 5.34. The molecule has 8 nitrogen and oxygen atoms in total. The number of quaternary nitrogens is 2. The fraction of sp³-hybridized carbons (Fsp3) is 1.00. The van der Waals surface area contributed by atoms with E-state index in [1.165, 1.54) is 0 Å². The zero-order chi connectivity index (χ0) is 12.9. The van der Waals surface area contributed by atoms with Gasteiger partial charge in [0.1, 0.15) is 0 Å². The van der Waals surface area contributed by atoms with Gasteiger partial charge in [0.25, 0.3) is 0 Å². The van der Waals surface area contributed by atoms with Gasteiger partial charge in [-0.3, -0.25) is 8.42 Å². The third kappa shape index (κ3) is 8.69. The van der Waals surface area contributed by atoms with Crippen molar-refractivity contribution in [2.24, 2.45) is 0 Å². The van der Waals surface area contributed by atoms with E-state index in [2.05, 4.69) is 0 Å². The van der Waals surface area contributed by atoms with Gasteiger partial charge in [0.2, 0.25) is 0 Å². The molecule has 0 unspecified atom stereocenters. The highest BCUT2D eigenvalue weighted by Crippen LogP contribution is 2.10. The standard InChI is InChI=1S/C6H16N2O2.H2O4S/c1-5(2,7-9)6(3,4)8-10;1-5(2,3)4/h7-10H,1-4H3;(H2,1,2,3,4). The van der Waals surface area contributed by atoms with Crippen LogP contribution in [0.2, 0.25) is 0 Å². The Morgan fingerprint density at radius 2 is 1.07 bits per heavy atom. The summed E-state index contributed by atoms with van der Waals surface area (Å²) in [6.07, 6.45) is 0. The number of hydroxylamine groups is 2. The van der Waals surface area contributed by atoms with Gasteiger partial charge in [0, 0.05) is 10.4 Å². The molecule has 0 radical (unpaired) electrons. The molecule has 0 bridgehead atoms. The Morgan fingerprint density at radius 1 is 0.933 bits per heavy atom. The lowest BCUT2D eigenvalue weighted by Gasteiger charge is -2.30. The van der Waals surface area contributed by atoms with Crippen molar-refractivity contribution in [2.45, 2.75) is 38.8 Å². The summed E-state index contributed by atoms with van der Waals surface area (Å²) in [6, 6.07) is 0. The minimum atomic E-state index is -5.17. The average Bonchev–Trinajstić information content (AvgIpc) is 2.01. The first-order valence-electron chi connectivity index (χ1n) is 4.01. The molecular formula is C6H18N2O6S. The molecule has 15 heavy (non-hydrogen) atoms. The lowest BCUT2D eigenvalue weighted by atomic mass is 9.84. The molecule has 0 aromatic rings. The van der Waals surface area contributed by atoms with Gasteiger partial charge in [-0.15, -0.1) is 0 Å². The second kappa shape index (κ2) is 5.70. The van der Waals surface area contributed by atoms with Crippen LogP contribution in [0.5, 0.6) is 0 Å². The molecule has 0 aliphatic rings. The molecule has 0 amide bonds. The molecule has 0 aromatic carbocycles. The van der Waals surface area contributed by atoms with Crippen LogP contribution in [0.3, 0.4) is 0 Å². The predicted octanol–water partition coefficient (Wildman–Crippen LogP) is -2.89. The molecule has 0 aromatic heterocycles. The molecule has 0 rings (SSSR count). The molecule has 94 valence electrons. The molecule has 0 atom stereocenters. The van der Waals surface area contributed by atoms with E-state index in [9.17, 15) is 0 Å². The molecule has 0 spiro atoms. The third-order valence-electron chi connectivity index (χ3n) is 2.31. The van der Waals surface area contributed by atoms with E-state index in [-0.39, 0.29) is 11.1 Å². The van der Waals surface area contributed by atoms with Gasteiger partial charge in [-0.2, -0.15) is 11.0 Å². The normalized spacial score (nSPS) is 13.1. The zero-order valence-corrected chi connectivity index (χ0v) is 9.91. The molecule has 0 fully saturated rings. The van der Waals surface area contributed by atoms with E-state index in [4.69, 9.17) is 27.9 Å². The van der Waals surface area contributed by atoms with Crippen LogP contribution in [0.1, 0.15) is 27.7 Å². The maximum absolute atomic E-state index is 8.80. The Balaban J connectivity index is 0. The minimum absolute atomic E-state index is 0.387. The summed E-state index contributed by atoms with van der Waals surface area (Å²) >= 11 is 0. The Labute approximate surface area is 88.8 Å². The summed E-state index contributed by atoms with van der Waals surface area (Å²) in [5.41, 5.74) is 1.45. The second-order valence-corrected chi connectivity index (χ2v) is 4.93. The topological polar surface area (TPSA) is 154 Å². The molecule has 6 N–H and O–H groups in total. The Kier molecular flexibility index (Phi) is 6.51. The van der Waals surface area contributed by atoms with Crippen LogP contribution in [0.4, 0.5) is 0 Å². The van der Waals surface area contributed by atoms with E-state index in [1.54, 1.807) is 0 Å². The minimum Gasteiger partial charge on any atom is -0.759 e. The fourth-order valence-electron chi connectivity index (χ4n) is 0.333. The highest BCUT2D eigenvalue weighted by Gasteiger charge is 2.44. The smallest absolute Gasteiger partial charge is 0.177 e. The van der Waals surface area contributed by atoms with Crippen LogP contribution in [0.15, 0.2) is 0 Å². The first-order chi connectivity index (χ1) is 6.37. The van der Waals surface area contributed by atoms with Crippen molar-refractivity contribution >= 4 is 10.4 Å². The maximum Gasteiger partial charge on any atom is 0.177 e. The van der Waals surface area contributed by atoms with Crippen molar-refractivity contribution in [1.82, 2.24) is 0 Å². The second-order valence-electron chi connectivity index (χ2n) is 4.11. The summed E-state index contributed by atoms with van der Waals surface area (Å²) in [4.78, 5) is 0. The van der Waals surface area contributed by atoms with E-state index < -0.39 is 10.4 Å². The van der Waals surface area contributed by atoms with Gasteiger partial charge < -0.3 is 9.11 Å². The van der Waals surface area contributed by atoms with Crippen molar-refractivity contribution in [3.8, 4) is 0 Å². The van der Waals surface area contributed by atoms with Gasteiger partial charge in [-0.05, 0) is 27.7 Å². The first kappa shape index (κ1) is 17.1. The monoisotopic (exact) mass is 246 g/mol. The number of hydrogen-bond acceptors (Lipinski definition) is 6. The lowest BCUT2D eigenvalue weighted by Crippen LogP contribution is -3.09. The molecule has 0 saturated heterocycles. The molecule has 0 aliphatic heterocycles. The van der Waals surface area contributed by atoms with Gasteiger partial charge in [0.15, 0.2) is 11.1 Å². The van der Waals surface area contributed by atoms with E-state index in [1.807, 2.05) is 27.7 Å². The Bertz CT molecular complexity index is 251. The molecule has 9 heteroatoms. The van der Waals surface area contributed by atoms with E-state index >= 15 is 0 Å². The fourth-order valence-corrected chi connectivity index (χ4v) is 0.333. The number of rotatable bonds is 3. The van der Waals surface area contributed by atoms with Crippen LogP contribution < -0.4 is 11.0 Å². The van der Waals surface area contributed by atoms with Crippen LogP contribution in [0.25, 0.3) is 0 Å². The quantitative estimate of drug-likeness (QED) is 0.238. The number of nitrogens with two attached hydrogens (primary N) is 2. The van der Waals surface area contributed by atoms with E-state index in [0.29, 0.717) is 0 Å². The summed E-state index contributed by atoms with van der Waals surface area (Å²) in [5.74, 6) is 0. The largest absolute Gasteiger partial charge is 0.759 e. The van der Waals surface area contributed by atoms with E-state index in [0.717, 1.165) is 11.0 Å². The van der Waals surface area contributed by atoms with Crippen molar-refractivity contribution in [2.75, 3.05) is 0 Å². The number of hydrogen-bond donors (Lipinski definition) is 4. The Morgan fingerprint density at radius 3 is 1.13 bits per heavy atom. The van der Waals surface area contributed by atoms with Gasteiger partial charge >= 0.3 is 0 Å². The maximum atomic E-state index is 8.80. The predicted molar refractivity (Wildman–Crippen MR) is 46.1 cm³/mol. The molecule has 0 heterocycles. The SMILES string of the molecule is CC(C)([NH2+]O)C(C)(C)[NH2+]O.O=S(=O)([O-])[O-]. The van der Waals surface area contributed by atoms with Crippen molar-refractivity contribution in [3.05, 3.63) is 0 Å². The van der Waals surface area contributed by atoms with Crippen LogP contribution >= 0.6 is 0 Å². The van der Waals surface area contributed by atoms with Crippen LogP contribution in [0, 0.1) is 0 Å². The van der Waals surface area contributed by atoms with Crippen LogP contribution in [-0.4, -0.2) is 39.0 Å². The van der Waals surface area contributed by atoms with Gasteiger partial charge in [-0.25, -0.2) is 10.4 Å². The van der Waals surface area contributed by atoms with Crippen molar-refractivity contribution in [1.29, 1.82) is 0 Å². The average molecular weight is 246 g/mol. The molecule has 0 saturated carbocycles. The van der Waals surface area contributed by atoms with Crippen molar-refractivity contribution < 1.29 is 38.9 Å². The summed E-state index contributed by atoms with van der Waals surface area (Å²) in [6.45, 7) is 7.44. The molecule has 0 aliphatic carbocycles. The summed E-state index contributed by atoms with van der Waals surface area (Å²) < 4.78 is 34.1. The van der Waals surface area contributed by atoms with Crippen molar-refractivity contribution in [3.63, 3.8) is 0 Å². The zero-order valence-electron chi connectivity index (χ0n) is 9.09. The van der Waals surface area contributed by atoms with Crippen LogP contribution in [-0.2, 0) is 10.4 Å². The highest BCUT2D eigenvalue weighted by atomic mass is 32.3. The Hall–Kier alpha value is -0.290.